The van der Waals surface area contributed by atoms with Crippen molar-refractivity contribution in [2.45, 2.75) is 32.7 Å². The molecule has 0 bridgehead atoms. The molecule has 0 saturated carbocycles. The summed E-state index contributed by atoms with van der Waals surface area (Å²) >= 11 is 0. The second-order valence-electron chi connectivity index (χ2n) is 6.33. The van der Waals surface area contributed by atoms with Crippen LogP contribution in [0.4, 0.5) is 5.95 Å². The van der Waals surface area contributed by atoms with Gasteiger partial charge >= 0.3 is 0 Å². The fourth-order valence-corrected chi connectivity index (χ4v) is 2.96. The fourth-order valence-electron chi connectivity index (χ4n) is 2.96. The van der Waals surface area contributed by atoms with E-state index in [2.05, 4.69) is 20.4 Å². The number of nitrogen functional groups attached to an aromatic ring is 1. The van der Waals surface area contributed by atoms with Crippen molar-refractivity contribution in [3.8, 4) is 0 Å². The molecular weight excluding hydrogens is 346 g/mol. The second-order valence-corrected chi connectivity index (χ2v) is 6.33. The molecule has 9 nitrogen and oxygen atoms in total. The topological polar surface area (TPSA) is 141 Å². The number of carbonyl (C=O) groups excluding carboxylic acids is 2. The van der Waals surface area contributed by atoms with Crippen LogP contribution in [-0.4, -0.2) is 37.4 Å². The van der Waals surface area contributed by atoms with Gasteiger partial charge in [-0.25, -0.2) is 4.98 Å². The molecule has 9 heteroatoms. The summed E-state index contributed by atoms with van der Waals surface area (Å²) in [7, 11) is 0. The fraction of sp³-hybridized carbons (Fsp3) is 0.278. The third-order valence-electron chi connectivity index (χ3n) is 4.36. The molecule has 140 valence electrons. The third kappa shape index (κ3) is 4.02. The van der Waals surface area contributed by atoms with Crippen LogP contribution in [0.1, 0.15) is 22.5 Å². The highest BCUT2D eigenvalue weighted by atomic mass is 16.2. The predicted molar refractivity (Wildman–Crippen MR) is 99.6 cm³/mol. The van der Waals surface area contributed by atoms with Gasteiger partial charge in [-0.1, -0.05) is 30.3 Å². The highest BCUT2D eigenvalue weighted by Gasteiger charge is 2.21. The Morgan fingerprint density at radius 3 is 2.56 bits per heavy atom. The van der Waals surface area contributed by atoms with Crippen molar-refractivity contribution in [3.05, 3.63) is 52.8 Å². The lowest BCUT2D eigenvalue weighted by Gasteiger charge is -2.17. The average Bonchev–Trinajstić information content (AvgIpc) is 2.99. The number of primary amides is 1. The lowest BCUT2D eigenvalue weighted by molar-refractivity contribution is -0.127. The number of hydrogen-bond donors (Lipinski definition) is 3. The molecule has 2 heterocycles. The Balaban J connectivity index is 1.78. The summed E-state index contributed by atoms with van der Waals surface area (Å²) < 4.78 is 1.50. The molecular formula is C18H21N7O2. The van der Waals surface area contributed by atoms with Gasteiger partial charge in [0.2, 0.25) is 17.8 Å². The van der Waals surface area contributed by atoms with Crippen LogP contribution in [0.25, 0.3) is 5.78 Å². The number of carbonyl (C=O) groups is 2. The molecule has 1 aromatic carbocycles. The van der Waals surface area contributed by atoms with Crippen molar-refractivity contribution in [3.63, 3.8) is 0 Å². The standard InChI is InChI=1S/C18H21N7O2/c1-10-13(11(2)25-18(21-10)23-17(20)24-25)9-15(26)22-14(16(19)27)8-12-6-4-3-5-7-12/h3-7,14H,8-9H2,1-2H3,(H2,19,27)(H2,20,24)(H,22,26). The summed E-state index contributed by atoms with van der Waals surface area (Å²) in [5.74, 6) is -0.414. The van der Waals surface area contributed by atoms with E-state index in [1.807, 2.05) is 37.3 Å². The number of rotatable bonds is 6. The molecule has 0 aliphatic carbocycles. The number of aromatic nitrogens is 4. The van der Waals surface area contributed by atoms with Crippen LogP contribution in [0, 0.1) is 13.8 Å². The first-order valence-corrected chi connectivity index (χ1v) is 8.46. The van der Waals surface area contributed by atoms with Crippen molar-refractivity contribution < 1.29 is 9.59 Å². The minimum atomic E-state index is -0.792. The highest BCUT2D eigenvalue weighted by Crippen LogP contribution is 2.15. The van der Waals surface area contributed by atoms with E-state index in [0.29, 0.717) is 23.5 Å². The van der Waals surface area contributed by atoms with Gasteiger partial charge in [0.05, 0.1) is 6.42 Å². The van der Waals surface area contributed by atoms with Crippen LogP contribution in [0.15, 0.2) is 30.3 Å². The van der Waals surface area contributed by atoms with Crippen LogP contribution in [0.3, 0.4) is 0 Å². The number of hydrogen-bond acceptors (Lipinski definition) is 6. The normalized spacial score (nSPS) is 12.1. The Morgan fingerprint density at radius 2 is 1.89 bits per heavy atom. The molecule has 0 radical (unpaired) electrons. The van der Waals surface area contributed by atoms with E-state index in [1.54, 1.807) is 6.92 Å². The van der Waals surface area contributed by atoms with Gasteiger partial charge in [0, 0.05) is 23.4 Å². The number of nitrogens with two attached hydrogens (primary N) is 2. The van der Waals surface area contributed by atoms with Crippen LogP contribution < -0.4 is 16.8 Å². The lowest BCUT2D eigenvalue weighted by Crippen LogP contribution is -2.46. The molecule has 0 aliphatic rings. The van der Waals surface area contributed by atoms with E-state index in [1.165, 1.54) is 4.52 Å². The Labute approximate surface area is 155 Å². The van der Waals surface area contributed by atoms with Gasteiger partial charge in [-0.2, -0.15) is 9.50 Å². The third-order valence-corrected chi connectivity index (χ3v) is 4.36. The Bertz CT molecular complexity index is 998. The first-order chi connectivity index (χ1) is 12.8. The number of amides is 2. The highest BCUT2D eigenvalue weighted by molar-refractivity contribution is 5.87. The van der Waals surface area contributed by atoms with Gasteiger partial charge in [-0.15, -0.1) is 5.10 Å². The maximum absolute atomic E-state index is 12.5. The Morgan fingerprint density at radius 1 is 1.19 bits per heavy atom. The largest absolute Gasteiger partial charge is 0.368 e. The van der Waals surface area contributed by atoms with E-state index < -0.39 is 11.9 Å². The van der Waals surface area contributed by atoms with Crippen molar-refractivity contribution in [2.24, 2.45) is 5.73 Å². The van der Waals surface area contributed by atoms with Crippen LogP contribution in [0.5, 0.6) is 0 Å². The second kappa shape index (κ2) is 7.40. The van der Waals surface area contributed by atoms with Gasteiger partial charge in [-0.05, 0) is 19.4 Å². The van der Waals surface area contributed by atoms with E-state index in [9.17, 15) is 9.59 Å². The average molecular weight is 367 g/mol. The van der Waals surface area contributed by atoms with Gasteiger partial charge in [0.1, 0.15) is 6.04 Å². The minimum Gasteiger partial charge on any atom is -0.368 e. The number of anilines is 1. The van der Waals surface area contributed by atoms with Crippen LogP contribution in [0.2, 0.25) is 0 Å². The van der Waals surface area contributed by atoms with E-state index in [-0.39, 0.29) is 18.3 Å². The summed E-state index contributed by atoms with van der Waals surface area (Å²) in [6.45, 7) is 3.60. The summed E-state index contributed by atoms with van der Waals surface area (Å²) in [6, 6.07) is 8.58. The zero-order chi connectivity index (χ0) is 19.6. The van der Waals surface area contributed by atoms with Crippen molar-refractivity contribution in [1.29, 1.82) is 0 Å². The summed E-state index contributed by atoms with van der Waals surface area (Å²) in [6.07, 6.45) is 0.371. The molecule has 2 aromatic heterocycles. The van der Waals surface area contributed by atoms with Crippen LogP contribution in [-0.2, 0) is 22.4 Å². The Hall–Kier alpha value is -3.49. The van der Waals surface area contributed by atoms with Gasteiger partial charge in [0.25, 0.3) is 5.78 Å². The number of aryl methyl sites for hydroxylation is 2. The smallest absolute Gasteiger partial charge is 0.254 e. The van der Waals surface area contributed by atoms with Crippen molar-refractivity contribution in [1.82, 2.24) is 24.9 Å². The lowest BCUT2D eigenvalue weighted by atomic mass is 10.0. The SMILES string of the molecule is Cc1nc2nc(N)nn2c(C)c1CC(=O)NC(Cc1ccccc1)C(N)=O. The maximum Gasteiger partial charge on any atom is 0.254 e. The molecule has 2 amide bonds. The monoisotopic (exact) mass is 367 g/mol. The van der Waals surface area contributed by atoms with E-state index in [0.717, 1.165) is 11.3 Å². The molecule has 3 aromatic rings. The molecule has 27 heavy (non-hydrogen) atoms. The molecule has 1 unspecified atom stereocenters. The minimum absolute atomic E-state index is 0.0406. The quantitative estimate of drug-likeness (QED) is 0.563. The maximum atomic E-state index is 12.5. The summed E-state index contributed by atoms with van der Waals surface area (Å²) in [5, 5.41) is 6.79. The first-order valence-electron chi connectivity index (χ1n) is 8.46. The molecule has 0 saturated heterocycles. The zero-order valence-electron chi connectivity index (χ0n) is 15.1. The number of nitrogens with one attached hydrogen (secondary N) is 1. The number of benzene rings is 1. The summed E-state index contributed by atoms with van der Waals surface area (Å²) in [5.41, 5.74) is 14.1. The first kappa shape index (κ1) is 18.3. The van der Waals surface area contributed by atoms with Gasteiger partial charge in [0.15, 0.2) is 0 Å². The summed E-state index contributed by atoms with van der Waals surface area (Å²) in [4.78, 5) is 32.7. The molecule has 5 N–H and O–H groups in total. The van der Waals surface area contributed by atoms with Gasteiger partial charge < -0.3 is 16.8 Å². The van der Waals surface area contributed by atoms with E-state index >= 15 is 0 Å². The molecule has 0 fully saturated rings. The van der Waals surface area contributed by atoms with Crippen molar-refractivity contribution in [2.75, 3.05) is 5.73 Å². The number of fused-ring (bicyclic) bond motifs is 1. The molecule has 0 spiro atoms. The van der Waals surface area contributed by atoms with Crippen molar-refractivity contribution >= 4 is 23.5 Å². The van der Waals surface area contributed by atoms with E-state index in [4.69, 9.17) is 11.5 Å². The molecule has 0 aliphatic heterocycles. The molecule has 1 atom stereocenters. The molecule has 3 rings (SSSR count). The predicted octanol–water partition coefficient (Wildman–Crippen LogP) is 0.0786. The van der Waals surface area contributed by atoms with Gasteiger partial charge in [-0.3, -0.25) is 9.59 Å². The zero-order valence-corrected chi connectivity index (χ0v) is 15.1. The van der Waals surface area contributed by atoms with Crippen LogP contribution >= 0.6 is 0 Å². The number of nitrogens with zero attached hydrogens (tertiary/aromatic N) is 4. The Kier molecular flexibility index (Phi) is 5.02.